The van der Waals surface area contributed by atoms with Crippen LogP contribution in [0.3, 0.4) is 0 Å². The van der Waals surface area contributed by atoms with Gasteiger partial charge in [-0.15, -0.1) is 0 Å². The van der Waals surface area contributed by atoms with Gasteiger partial charge in [-0.2, -0.15) is 0 Å². The first kappa shape index (κ1) is 23.9. The maximum atomic E-state index is 13.1. The highest BCUT2D eigenvalue weighted by atomic mass is 16.6. The van der Waals surface area contributed by atoms with Crippen molar-refractivity contribution >= 4 is 24.0 Å². The standard InChI is InChI=1S/C22H29N3O6/c1-8-29-18(26)15-17(24-19(27)30-21(2,3)4)25(20(28)31-22(5,6)7)16(23-15)14-12-10-9-11-13-14/h9-13H,8H2,1-7H3,(H,24,27). The monoisotopic (exact) mass is 431 g/mol. The lowest BCUT2D eigenvalue weighted by molar-refractivity contribution is 0.0521. The fraction of sp³-hybridized carbons (Fsp3) is 0.455. The topological polar surface area (TPSA) is 109 Å². The molecule has 0 saturated carbocycles. The van der Waals surface area contributed by atoms with Gasteiger partial charge in [-0.3, -0.25) is 5.32 Å². The molecule has 2 rings (SSSR count). The van der Waals surface area contributed by atoms with E-state index in [1.54, 1.807) is 78.8 Å². The van der Waals surface area contributed by atoms with Crippen LogP contribution in [0.25, 0.3) is 11.4 Å². The average molecular weight is 431 g/mol. The van der Waals surface area contributed by atoms with E-state index in [2.05, 4.69) is 10.3 Å². The molecule has 168 valence electrons. The second kappa shape index (κ2) is 9.20. The number of imidazole rings is 1. The first-order valence-corrected chi connectivity index (χ1v) is 9.91. The van der Waals surface area contributed by atoms with Gasteiger partial charge in [-0.1, -0.05) is 30.3 Å². The van der Waals surface area contributed by atoms with Crippen molar-refractivity contribution < 1.29 is 28.6 Å². The lowest BCUT2D eigenvalue weighted by Gasteiger charge is -2.22. The molecule has 0 bridgehead atoms. The van der Waals surface area contributed by atoms with Gasteiger partial charge in [-0.25, -0.2) is 23.9 Å². The van der Waals surface area contributed by atoms with E-state index >= 15 is 0 Å². The molecular weight excluding hydrogens is 402 g/mol. The predicted octanol–water partition coefficient (Wildman–Crippen LogP) is 4.86. The summed E-state index contributed by atoms with van der Waals surface area (Å²) in [6.07, 6.45) is -1.68. The van der Waals surface area contributed by atoms with Gasteiger partial charge in [0.15, 0.2) is 17.3 Å². The molecule has 1 amide bonds. The first-order valence-electron chi connectivity index (χ1n) is 9.91. The molecule has 0 unspecified atom stereocenters. The molecule has 0 aliphatic rings. The Morgan fingerprint density at radius 2 is 1.55 bits per heavy atom. The highest BCUT2D eigenvalue weighted by Gasteiger charge is 2.32. The van der Waals surface area contributed by atoms with Crippen LogP contribution in [0.2, 0.25) is 0 Å². The molecule has 0 atom stereocenters. The molecule has 1 N–H and O–H groups in total. The minimum atomic E-state index is -0.859. The van der Waals surface area contributed by atoms with E-state index in [9.17, 15) is 14.4 Å². The maximum Gasteiger partial charge on any atom is 0.421 e. The molecular formula is C22H29N3O6. The summed E-state index contributed by atoms with van der Waals surface area (Å²) in [5.74, 6) is -0.877. The molecule has 1 heterocycles. The molecule has 1 aromatic carbocycles. The summed E-state index contributed by atoms with van der Waals surface area (Å²) in [7, 11) is 0. The number of nitrogens with one attached hydrogen (secondary N) is 1. The van der Waals surface area contributed by atoms with Crippen molar-refractivity contribution in [1.82, 2.24) is 9.55 Å². The minimum Gasteiger partial charge on any atom is -0.461 e. The molecule has 0 saturated heterocycles. The molecule has 0 spiro atoms. The van der Waals surface area contributed by atoms with E-state index in [0.717, 1.165) is 4.57 Å². The van der Waals surface area contributed by atoms with Crippen molar-refractivity contribution in [2.24, 2.45) is 0 Å². The average Bonchev–Trinajstić information content (AvgIpc) is 2.99. The summed E-state index contributed by atoms with van der Waals surface area (Å²) < 4.78 is 16.9. The maximum absolute atomic E-state index is 13.1. The van der Waals surface area contributed by atoms with Crippen LogP contribution in [-0.2, 0) is 14.2 Å². The van der Waals surface area contributed by atoms with Gasteiger partial charge in [0.2, 0.25) is 0 Å². The second-order valence-corrected chi connectivity index (χ2v) is 8.66. The first-order chi connectivity index (χ1) is 14.3. The summed E-state index contributed by atoms with van der Waals surface area (Å²) in [6, 6.07) is 8.75. The zero-order valence-corrected chi connectivity index (χ0v) is 18.9. The van der Waals surface area contributed by atoms with Crippen LogP contribution in [0.15, 0.2) is 30.3 Å². The number of anilines is 1. The zero-order valence-electron chi connectivity index (χ0n) is 18.9. The molecule has 0 fully saturated rings. The van der Waals surface area contributed by atoms with Crippen LogP contribution in [0, 0.1) is 0 Å². The van der Waals surface area contributed by atoms with Crippen LogP contribution in [0.5, 0.6) is 0 Å². The number of benzene rings is 1. The molecule has 9 nitrogen and oxygen atoms in total. The summed E-state index contributed by atoms with van der Waals surface area (Å²) in [5.41, 5.74) is -1.33. The Balaban J connectivity index is 2.69. The van der Waals surface area contributed by atoms with Gasteiger partial charge >= 0.3 is 18.2 Å². The van der Waals surface area contributed by atoms with Crippen LogP contribution in [0.1, 0.15) is 59.0 Å². The summed E-state index contributed by atoms with van der Waals surface area (Å²) in [4.78, 5) is 42.5. The van der Waals surface area contributed by atoms with Crippen molar-refractivity contribution in [2.75, 3.05) is 11.9 Å². The van der Waals surface area contributed by atoms with E-state index in [1.165, 1.54) is 0 Å². The predicted molar refractivity (Wildman–Crippen MR) is 115 cm³/mol. The molecule has 31 heavy (non-hydrogen) atoms. The normalized spacial score (nSPS) is 11.6. The summed E-state index contributed by atoms with van der Waals surface area (Å²) >= 11 is 0. The van der Waals surface area contributed by atoms with Gasteiger partial charge in [0.05, 0.1) is 6.61 Å². The number of carbonyl (C=O) groups is 3. The SMILES string of the molecule is CCOC(=O)c1nc(-c2ccccc2)n(C(=O)OC(C)(C)C)c1NC(=O)OC(C)(C)C. The lowest BCUT2D eigenvalue weighted by atomic mass is 10.2. The van der Waals surface area contributed by atoms with Gasteiger partial charge < -0.3 is 14.2 Å². The number of amides is 1. The number of carbonyl (C=O) groups excluding carboxylic acids is 3. The number of esters is 1. The fourth-order valence-electron chi connectivity index (χ4n) is 2.54. The van der Waals surface area contributed by atoms with Crippen LogP contribution < -0.4 is 5.32 Å². The Morgan fingerprint density at radius 1 is 0.968 bits per heavy atom. The molecule has 9 heteroatoms. The largest absolute Gasteiger partial charge is 0.461 e. The highest BCUT2D eigenvalue weighted by molar-refractivity contribution is 6.01. The summed E-state index contributed by atoms with van der Waals surface area (Å²) in [5, 5.41) is 2.47. The van der Waals surface area contributed by atoms with Crippen molar-refractivity contribution in [1.29, 1.82) is 0 Å². The van der Waals surface area contributed by atoms with Crippen LogP contribution >= 0.6 is 0 Å². The number of nitrogens with zero attached hydrogens (tertiary/aromatic N) is 2. The van der Waals surface area contributed by atoms with Crippen molar-refractivity contribution in [3.05, 3.63) is 36.0 Å². The lowest BCUT2D eigenvalue weighted by Crippen LogP contribution is -2.31. The van der Waals surface area contributed by atoms with Crippen LogP contribution in [0.4, 0.5) is 15.4 Å². The Morgan fingerprint density at radius 3 is 2.06 bits per heavy atom. The Kier molecular flexibility index (Phi) is 7.09. The Labute approximate surface area is 181 Å². The van der Waals surface area contributed by atoms with E-state index < -0.39 is 29.4 Å². The smallest absolute Gasteiger partial charge is 0.421 e. The van der Waals surface area contributed by atoms with Crippen molar-refractivity contribution in [3.63, 3.8) is 0 Å². The highest BCUT2D eigenvalue weighted by Crippen LogP contribution is 2.29. The van der Waals surface area contributed by atoms with E-state index in [-0.39, 0.29) is 23.9 Å². The van der Waals surface area contributed by atoms with Gasteiger partial charge in [0, 0.05) is 5.56 Å². The number of rotatable bonds is 4. The number of aromatic nitrogens is 2. The van der Waals surface area contributed by atoms with Crippen molar-refractivity contribution in [3.8, 4) is 11.4 Å². The minimum absolute atomic E-state index is 0.0880. The van der Waals surface area contributed by atoms with Gasteiger partial charge in [-0.05, 0) is 48.5 Å². The molecule has 0 aliphatic heterocycles. The summed E-state index contributed by atoms with van der Waals surface area (Å²) in [6.45, 7) is 11.9. The number of ether oxygens (including phenoxy) is 3. The van der Waals surface area contributed by atoms with Crippen LogP contribution in [-0.4, -0.2) is 45.5 Å². The van der Waals surface area contributed by atoms with Gasteiger partial charge in [0.1, 0.15) is 11.2 Å². The Bertz CT molecular complexity index is 952. The van der Waals surface area contributed by atoms with Gasteiger partial charge in [0.25, 0.3) is 0 Å². The molecule has 1 aromatic heterocycles. The number of hydrogen-bond donors (Lipinski definition) is 1. The Hall–Kier alpha value is -3.36. The third kappa shape index (κ3) is 6.56. The fourth-order valence-corrected chi connectivity index (χ4v) is 2.54. The molecule has 0 aliphatic carbocycles. The van der Waals surface area contributed by atoms with E-state index in [4.69, 9.17) is 14.2 Å². The third-order valence-electron chi connectivity index (χ3n) is 3.57. The molecule has 2 aromatic rings. The van der Waals surface area contributed by atoms with Crippen molar-refractivity contribution in [2.45, 2.75) is 59.7 Å². The third-order valence-corrected chi connectivity index (χ3v) is 3.57. The van der Waals surface area contributed by atoms with E-state index in [0.29, 0.717) is 5.56 Å². The number of hydrogen-bond acceptors (Lipinski definition) is 7. The second-order valence-electron chi connectivity index (χ2n) is 8.66. The zero-order chi connectivity index (χ0) is 23.4. The molecule has 0 radical (unpaired) electrons. The van der Waals surface area contributed by atoms with E-state index in [1.807, 2.05) is 0 Å². The quantitative estimate of drug-likeness (QED) is 0.544.